The minimum Gasteiger partial charge on any atom is -0.493 e. The quantitative estimate of drug-likeness (QED) is 0.125. The van der Waals surface area contributed by atoms with E-state index in [0.29, 0.717) is 8.47 Å². The lowest BCUT2D eigenvalue weighted by atomic mass is 10.1. The standard InChI is InChI=1S/C24H14FIN4O9/c1-38-20-10-12(8-16-22(31)27-24(33)28(23(16)32)14-4-2-13(25)3-5-14)9-17(26)21(20)39-19-7-6-15(29(34)35)11-18(19)30(36)37/h2-11H,1H3,(H,27,31,33)/b16-8-. The zero-order valence-corrected chi connectivity index (χ0v) is 21.7. The minimum absolute atomic E-state index is 0.0275. The molecule has 0 atom stereocenters. The average Bonchev–Trinajstić information content (AvgIpc) is 2.88. The maximum atomic E-state index is 13.3. The summed E-state index contributed by atoms with van der Waals surface area (Å²) in [5.41, 5.74) is -1.24. The van der Waals surface area contributed by atoms with Gasteiger partial charge in [0, 0.05) is 6.07 Å². The van der Waals surface area contributed by atoms with Crippen LogP contribution in [-0.2, 0) is 9.59 Å². The van der Waals surface area contributed by atoms with Crippen LogP contribution in [0.15, 0.2) is 60.2 Å². The van der Waals surface area contributed by atoms with Crippen LogP contribution in [0.2, 0.25) is 0 Å². The summed E-state index contributed by atoms with van der Waals surface area (Å²) in [6.07, 6.45) is 1.20. The van der Waals surface area contributed by atoms with Crippen molar-refractivity contribution in [2.45, 2.75) is 0 Å². The van der Waals surface area contributed by atoms with Crippen molar-refractivity contribution >= 4 is 63.6 Å². The van der Waals surface area contributed by atoms with E-state index < -0.39 is 50.5 Å². The predicted molar refractivity (Wildman–Crippen MR) is 141 cm³/mol. The van der Waals surface area contributed by atoms with E-state index in [1.807, 2.05) is 22.6 Å². The van der Waals surface area contributed by atoms with Gasteiger partial charge in [0.2, 0.25) is 5.75 Å². The number of nitro groups is 2. The Kier molecular flexibility index (Phi) is 7.52. The number of benzene rings is 3. The summed E-state index contributed by atoms with van der Waals surface area (Å²) in [6, 6.07) is 9.24. The van der Waals surface area contributed by atoms with E-state index in [4.69, 9.17) is 9.47 Å². The summed E-state index contributed by atoms with van der Waals surface area (Å²) < 4.78 is 24.7. The van der Waals surface area contributed by atoms with E-state index in [2.05, 4.69) is 5.32 Å². The van der Waals surface area contributed by atoms with Gasteiger partial charge in [-0.3, -0.25) is 35.1 Å². The molecule has 1 fully saturated rings. The van der Waals surface area contributed by atoms with Crippen molar-refractivity contribution in [3.63, 3.8) is 0 Å². The van der Waals surface area contributed by atoms with Crippen LogP contribution in [0.25, 0.3) is 6.08 Å². The van der Waals surface area contributed by atoms with Gasteiger partial charge in [-0.15, -0.1) is 0 Å². The number of hydrogen-bond donors (Lipinski definition) is 1. The van der Waals surface area contributed by atoms with Crippen molar-refractivity contribution in [2.24, 2.45) is 0 Å². The van der Waals surface area contributed by atoms with Crippen LogP contribution >= 0.6 is 22.6 Å². The molecule has 0 aliphatic carbocycles. The number of barbiturate groups is 1. The SMILES string of the molecule is COc1cc(/C=C2/C(=O)NC(=O)N(c3ccc(F)cc3)C2=O)cc(I)c1Oc1ccc([N+](=O)[O-])cc1[N+](=O)[O-]. The highest BCUT2D eigenvalue weighted by Crippen LogP contribution is 2.41. The van der Waals surface area contributed by atoms with E-state index in [-0.39, 0.29) is 28.5 Å². The number of methoxy groups -OCH3 is 1. The number of anilines is 1. The highest BCUT2D eigenvalue weighted by atomic mass is 127. The second-order valence-electron chi connectivity index (χ2n) is 7.74. The number of imide groups is 2. The summed E-state index contributed by atoms with van der Waals surface area (Å²) in [4.78, 5) is 59.5. The molecule has 198 valence electrons. The van der Waals surface area contributed by atoms with Crippen LogP contribution in [0.4, 0.5) is 26.2 Å². The number of halogens is 2. The summed E-state index contributed by atoms with van der Waals surface area (Å²) in [5, 5.41) is 24.5. The fourth-order valence-electron chi connectivity index (χ4n) is 3.53. The van der Waals surface area contributed by atoms with Gasteiger partial charge in [0.05, 0.1) is 32.3 Å². The third kappa shape index (κ3) is 5.52. The van der Waals surface area contributed by atoms with E-state index in [9.17, 15) is 39.0 Å². The number of nitro benzene ring substituents is 2. The molecule has 0 spiro atoms. The van der Waals surface area contributed by atoms with Gasteiger partial charge >= 0.3 is 11.7 Å². The number of carbonyl (C=O) groups is 3. The number of hydrogen-bond acceptors (Lipinski definition) is 9. The maximum absolute atomic E-state index is 13.3. The first-order valence-electron chi connectivity index (χ1n) is 10.7. The molecule has 1 aliphatic heterocycles. The van der Waals surface area contributed by atoms with Gasteiger partial charge in [-0.25, -0.2) is 14.1 Å². The molecule has 0 radical (unpaired) electrons. The second kappa shape index (κ2) is 10.8. The molecule has 4 amide bonds. The second-order valence-corrected chi connectivity index (χ2v) is 8.90. The molecule has 1 aliphatic rings. The van der Waals surface area contributed by atoms with E-state index >= 15 is 0 Å². The monoisotopic (exact) mass is 648 g/mol. The molecule has 3 aromatic rings. The van der Waals surface area contributed by atoms with Crippen molar-refractivity contribution < 1.29 is 38.1 Å². The molecule has 1 N–H and O–H groups in total. The number of nitrogens with zero attached hydrogens (tertiary/aromatic N) is 3. The largest absolute Gasteiger partial charge is 0.493 e. The van der Waals surface area contributed by atoms with Crippen LogP contribution in [-0.4, -0.2) is 34.8 Å². The number of non-ortho nitro benzene ring substituents is 1. The van der Waals surface area contributed by atoms with Crippen LogP contribution in [0.5, 0.6) is 17.2 Å². The molecule has 1 saturated heterocycles. The first-order valence-corrected chi connectivity index (χ1v) is 11.7. The summed E-state index contributed by atoms with van der Waals surface area (Å²) in [7, 11) is 1.28. The lowest BCUT2D eigenvalue weighted by Crippen LogP contribution is -2.54. The van der Waals surface area contributed by atoms with E-state index in [0.717, 1.165) is 30.3 Å². The Hall–Kier alpha value is -4.93. The van der Waals surface area contributed by atoms with Crippen molar-refractivity contribution in [1.29, 1.82) is 0 Å². The number of ether oxygens (including phenoxy) is 2. The van der Waals surface area contributed by atoms with Gasteiger partial charge < -0.3 is 9.47 Å². The first kappa shape index (κ1) is 27.1. The Morgan fingerprint density at radius 1 is 0.974 bits per heavy atom. The fourth-order valence-corrected chi connectivity index (χ4v) is 4.26. The van der Waals surface area contributed by atoms with Crippen LogP contribution < -0.4 is 19.7 Å². The van der Waals surface area contributed by atoms with Gasteiger partial charge in [-0.2, -0.15) is 0 Å². The van der Waals surface area contributed by atoms with E-state index in [1.165, 1.54) is 37.5 Å². The van der Waals surface area contributed by atoms with E-state index in [1.54, 1.807) is 0 Å². The number of nitrogens with one attached hydrogen (secondary N) is 1. The van der Waals surface area contributed by atoms with Gasteiger partial charge in [0.15, 0.2) is 11.5 Å². The smallest absolute Gasteiger partial charge is 0.335 e. The molecular weight excluding hydrogens is 634 g/mol. The van der Waals surface area contributed by atoms with Crippen molar-refractivity contribution in [3.8, 4) is 17.2 Å². The number of rotatable bonds is 7. The van der Waals surface area contributed by atoms with Crippen LogP contribution in [0.3, 0.4) is 0 Å². The highest BCUT2D eigenvalue weighted by Gasteiger charge is 2.37. The number of carbonyl (C=O) groups excluding carboxylic acids is 3. The molecule has 3 aromatic carbocycles. The molecule has 39 heavy (non-hydrogen) atoms. The van der Waals surface area contributed by atoms with Gasteiger partial charge in [-0.05, 0) is 76.7 Å². The van der Waals surface area contributed by atoms with Crippen LogP contribution in [0.1, 0.15) is 5.56 Å². The fraction of sp³-hybridized carbons (Fsp3) is 0.0417. The zero-order valence-electron chi connectivity index (χ0n) is 19.5. The Balaban J connectivity index is 1.71. The summed E-state index contributed by atoms with van der Waals surface area (Å²) in [6.45, 7) is 0. The number of urea groups is 1. The molecule has 0 aromatic heterocycles. The predicted octanol–water partition coefficient (Wildman–Crippen LogP) is 4.71. The third-order valence-corrected chi connectivity index (χ3v) is 6.11. The highest BCUT2D eigenvalue weighted by molar-refractivity contribution is 14.1. The molecule has 0 unspecified atom stereocenters. The Bertz CT molecular complexity index is 1590. The van der Waals surface area contributed by atoms with Crippen LogP contribution in [0, 0.1) is 29.6 Å². The first-order chi connectivity index (χ1) is 18.5. The Morgan fingerprint density at radius 2 is 1.67 bits per heavy atom. The summed E-state index contributed by atoms with van der Waals surface area (Å²) >= 11 is 1.83. The molecule has 0 bridgehead atoms. The lowest BCUT2D eigenvalue weighted by Gasteiger charge is -2.26. The lowest BCUT2D eigenvalue weighted by molar-refractivity contribution is -0.394. The zero-order chi connectivity index (χ0) is 28.4. The third-order valence-electron chi connectivity index (χ3n) is 5.31. The normalized spacial score (nSPS) is 14.3. The van der Waals surface area contributed by atoms with Gasteiger partial charge in [0.25, 0.3) is 17.5 Å². The molecular formula is C24H14FIN4O9. The Morgan fingerprint density at radius 3 is 2.28 bits per heavy atom. The minimum atomic E-state index is -1.01. The summed E-state index contributed by atoms with van der Waals surface area (Å²) in [5.74, 6) is -2.71. The molecule has 1 heterocycles. The molecule has 4 rings (SSSR count). The number of amides is 4. The van der Waals surface area contributed by atoms with Gasteiger partial charge in [-0.1, -0.05) is 0 Å². The molecule has 15 heteroatoms. The maximum Gasteiger partial charge on any atom is 0.335 e. The van der Waals surface area contributed by atoms with Crippen molar-refractivity contribution in [2.75, 3.05) is 12.0 Å². The molecule has 13 nitrogen and oxygen atoms in total. The van der Waals surface area contributed by atoms with Crippen molar-refractivity contribution in [1.82, 2.24) is 5.32 Å². The Labute approximate surface area is 231 Å². The van der Waals surface area contributed by atoms with Crippen molar-refractivity contribution in [3.05, 3.63) is 95.3 Å². The topological polar surface area (TPSA) is 171 Å². The molecule has 0 saturated carbocycles. The van der Waals surface area contributed by atoms with Gasteiger partial charge in [0.1, 0.15) is 11.4 Å². The average molecular weight is 648 g/mol.